The van der Waals surface area contributed by atoms with E-state index in [0.717, 1.165) is 33.8 Å². The Labute approximate surface area is 141 Å². The predicted octanol–water partition coefficient (Wildman–Crippen LogP) is 5.41. The maximum absolute atomic E-state index is 4.49. The summed E-state index contributed by atoms with van der Waals surface area (Å²) in [5.41, 5.74) is 4.30. The molecule has 0 N–H and O–H groups in total. The SMILES string of the molecule is Cc1ncc2cc(N(c3ccccc3)c3ccccc3)ccc2n1. The van der Waals surface area contributed by atoms with Crippen LogP contribution in [-0.2, 0) is 0 Å². The first kappa shape index (κ1) is 14.4. The molecular weight excluding hydrogens is 294 g/mol. The van der Waals surface area contributed by atoms with Gasteiger partial charge in [-0.15, -0.1) is 0 Å². The van der Waals surface area contributed by atoms with Crippen molar-refractivity contribution in [1.82, 2.24) is 9.97 Å². The highest BCUT2D eigenvalue weighted by Crippen LogP contribution is 2.35. The van der Waals surface area contributed by atoms with Crippen LogP contribution in [0.5, 0.6) is 0 Å². The minimum absolute atomic E-state index is 0.790. The van der Waals surface area contributed by atoms with Gasteiger partial charge in [0, 0.05) is 28.6 Å². The topological polar surface area (TPSA) is 29.0 Å². The molecule has 3 nitrogen and oxygen atoms in total. The van der Waals surface area contributed by atoms with E-state index in [9.17, 15) is 0 Å². The van der Waals surface area contributed by atoms with Crippen LogP contribution in [0.25, 0.3) is 10.9 Å². The van der Waals surface area contributed by atoms with Crippen molar-refractivity contribution in [3.63, 3.8) is 0 Å². The monoisotopic (exact) mass is 311 g/mol. The van der Waals surface area contributed by atoms with Crippen LogP contribution in [-0.4, -0.2) is 9.97 Å². The minimum atomic E-state index is 0.790. The molecule has 3 aromatic carbocycles. The second-order valence-corrected chi connectivity index (χ2v) is 5.67. The number of aryl methyl sites for hydroxylation is 1. The fraction of sp³-hybridized carbons (Fsp3) is 0.0476. The molecule has 4 rings (SSSR count). The smallest absolute Gasteiger partial charge is 0.125 e. The van der Waals surface area contributed by atoms with Gasteiger partial charge in [0.15, 0.2) is 0 Å². The lowest BCUT2D eigenvalue weighted by Crippen LogP contribution is -2.09. The first-order chi connectivity index (χ1) is 11.8. The van der Waals surface area contributed by atoms with Crippen molar-refractivity contribution in [2.45, 2.75) is 6.92 Å². The maximum atomic E-state index is 4.49. The quantitative estimate of drug-likeness (QED) is 0.506. The van der Waals surface area contributed by atoms with E-state index in [1.807, 2.05) is 25.3 Å². The van der Waals surface area contributed by atoms with Crippen LogP contribution in [0.4, 0.5) is 17.1 Å². The van der Waals surface area contributed by atoms with Crippen molar-refractivity contribution in [3.05, 3.63) is 90.9 Å². The van der Waals surface area contributed by atoms with E-state index >= 15 is 0 Å². The van der Waals surface area contributed by atoms with Gasteiger partial charge in [-0.2, -0.15) is 0 Å². The number of aromatic nitrogens is 2. The van der Waals surface area contributed by atoms with Gasteiger partial charge in [-0.3, -0.25) is 0 Å². The molecule has 1 aromatic heterocycles. The summed E-state index contributed by atoms with van der Waals surface area (Å²) in [4.78, 5) is 11.1. The molecule has 0 spiro atoms. The summed E-state index contributed by atoms with van der Waals surface area (Å²) in [6, 6.07) is 27.0. The summed E-state index contributed by atoms with van der Waals surface area (Å²) >= 11 is 0. The Bertz CT molecular complexity index is 926. The van der Waals surface area contributed by atoms with E-state index in [0.29, 0.717) is 0 Å². The number of fused-ring (bicyclic) bond motifs is 1. The van der Waals surface area contributed by atoms with Gasteiger partial charge in [0.05, 0.1) is 5.52 Å². The highest BCUT2D eigenvalue weighted by molar-refractivity contribution is 5.86. The van der Waals surface area contributed by atoms with Crippen LogP contribution in [0.15, 0.2) is 85.1 Å². The van der Waals surface area contributed by atoms with Gasteiger partial charge in [0.1, 0.15) is 5.82 Å². The molecule has 0 fully saturated rings. The van der Waals surface area contributed by atoms with Crippen LogP contribution in [0, 0.1) is 6.92 Å². The first-order valence-corrected chi connectivity index (χ1v) is 7.95. The molecule has 0 amide bonds. The van der Waals surface area contributed by atoms with Crippen molar-refractivity contribution >= 4 is 28.0 Å². The summed E-state index contributed by atoms with van der Waals surface area (Å²) in [5, 5.41) is 1.04. The lowest BCUT2D eigenvalue weighted by atomic mass is 10.1. The Hall–Kier alpha value is -3.20. The van der Waals surface area contributed by atoms with Crippen molar-refractivity contribution in [2.24, 2.45) is 0 Å². The molecule has 0 aliphatic rings. The maximum Gasteiger partial charge on any atom is 0.125 e. The highest BCUT2D eigenvalue weighted by atomic mass is 15.1. The summed E-state index contributed by atoms with van der Waals surface area (Å²) in [7, 11) is 0. The number of benzene rings is 3. The minimum Gasteiger partial charge on any atom is -0.310 e. The van der Waals surface area contributed by atoms with Crippen LogP contribution in [0.1, 0.15) is 5.82 Å². The summed E-state index contributed by atoms with van der Waals surface area (Å²) in [5.74, 6) is 0.790. The Morgan fingerprint density at radius 3 is 1.96 bits per heavy atom. The van der Waals surface area contributed by atoms with E-state index < -0.39 is 0 Å². The Kier molecular flexibility index (Phi) is 3.67. The molecule has 4 aromatic rings. The average molecular weight is 311 g/mol. The highest BCUT2D eigenvalue weighted by Gasteiger charge is 2.12. The zero-order valence-electron chi connectivity index (χ0n) is 13.4. The number of hydrogen-bond acceptors (Lipinski definition) is 3. The Morgan fingerprint density at radius 1 is 0.708 bits per heavy atom. The lowest BCUT2D eigenvalue weighted by Gasteiger charge is -2.25. The average Bonchev–Trinajstić information content (AvgIpc) is 2.64. The van der Waals surface area contributed by atoms with Crippen molar-refractivity contribution in [3.8, 4) is 0 Å². The molecule has 0 atom stereocenters. The molecule has 3 heteroatoms. The largest absolute Gasteiger partial charge is 0.310 e. The number of para-hydroxylation sites is 2. The van der Waals surface area contributed by atoms with Gasteiger partial charge in [-0.1, -0.05) is 36.4 Å². The van der Waals surface area contributed by atoms with E-state index in [4.69, 9.17) is 0 Å². The van der Waals surface area contributed by atoms with E-state index in [1.54, 1.807) is 0 Å². The fourth-order valence-corrected chi connectivity index (χ4v) is 2.85. The Morgan fingerprint density at radius 2 is 1.33 bits per heavy atom. The second kappa shape index (κ2) is 6.13. The van der Waals surface area contributed by atoms with Crippen molar-refractivity contribution < 1.29 is 0 Å². The number of nitrogens with zero attached hydrogens (tertiary/aromatic N) is 3. The molecule has 0 saturated carbocycles. The zero-order chi connectivity index (χ0) is 16.4. The standard InChI is InChI=1S/C21H17N3/c1-16-22-15-17-14-20(12-13-21(17)23-16)24(18-8-4-2-5-9-18)19-10-6-3-7-11-19/h2-15H,1H3. The summed E-state index contributed by atoms with van der Waals surface area (Å²) < 4.78 is 0. The normalized spacial score (nSPS) is 10.7. The molecule has 116 valence electrons. The van der Waals surface area contributed by atoms with Crippen LogP contribution < -0.4 is 4.90 Å². The van der Waals surface area contributed by atoms with Gasteiger partial charge < -0.3 is 4.90 Å². The van der Waals surface area contributed by atoms with E-state index in [-0.39, 0.29) is 0 Å². The first-order valence-electron chi connectivity index (χ1n) is 7.95. The number of rotatable bonds is 3. The van der Waals surface area contributed by atoms with Crippen molar-refractivity contribution in [2.75, 3.05) is 4.90 Å². The third kappa shape index (κ3) is 2.72. The van der Waals surface area contributed by atoms with Gasteiger partial charge >= 0.3 is 0 Å². The lowest BCUT2D eigenvalue weighted by molar-refractivity contribution is 1.09. The van der Waals surface area contributed by atoms with Gasteiger partial charge in [0.25, 0.3) is 0 Å². The summed E-state index contributed by atoms with van der Waals surface area (Å²) in [6.07, 6.45) is 1.88. The molecule has 0 bridgehead atoms. The van der Waals surface area contributed by atoms with Crippen LogP contribution in [0.3, 0.4) is 0 Å². The molecular formula is C21H17N3. The predicted molar refractivity (Wildman–Crippen MR) is 99.0 cm³/mol. The van der Waals surface area contributed by atoms with Crippen molar-refractivity contribution in [1.29, 1.82) is 0 Å². The fourth-order valence-electron chi connectivity index (χ4n) is 2.85. The zero-order valence-corrected chi connectivity index (χ0v) is 13.4. The van der Waals surface area contributed by atoms with E-state index in [1.165, 1.54) is 0 Å². The van der Waals surface area contributed by atoms with Crippen LogP contribution >= 0.6 is 0 Å². The Balaban J connectivity index is 1.89. The molecule has 0 aliphatic carbocycles. The molecule has 1 heterocycles. The second-order valence-electron chi connectivity index (χ2n) is 5.67. The third-order valence-electron chi connectivity index (χ3n) is 3.97. The molecule has 0 unspecified atom stereocenters. The van der Waals surface area contributed by atoms with Crippen LogP contribution in [0.2, 0.25) is 0 Å². The third-order valence-corrected chi connectivity index (χ3v) is 3.97. The number of hydrogen-bond donors (Lipinski definition) is 0. The van der Waals surface area contributed by atoms with Gasteiger partial charge in [-0.25, -0.2) is 9.97 Å². The molecule has 0 aliphatic heterocycles. The summed E-state index contributed by atoms with van der Waals surface area (Å²) in [6.45, 7) is 1.91. The molecule has 24 heavy (non-hydrogen) atoms. The molecule has 0 saturated heterocycles. The van der Waals surface area contributed by atoms with Gasteiger partial charge in [-0.05, 0) is 49.4 Å². The number of anilines is 3. The van der Waals surface area contributed by atoms with Gasteiger partial charge in [0.2, 0.25) is 0 Å². The molecule has 0 radical (unpaired) electrons. The van der Waals surface area contributed by atoms with E-state index in [2.05, 4.69) is 81.6 Å².